The Hall–Kier alpha value is -1.90. The van der Waals surface area contributed by atoms with Crippen LogP contribution in [0.2, 0.25) is 0 Å². The van der Waals surface area contributed by atoms with Crippen molar-refractivity contribution in [1.82, 2.24) is 0 Å². The van der Waals surface area contributed by atoms with Crippen molar-refractivity contribution < 1.29 is 14.6 Å². The van der Waals surface area contributed by atoms with Crippen molar-refractivity contribution in [2.24, 2.45) is 0 Å². The summed E-state index contributed by atoms with van der Waals surface area (Å²) >= 11 is 0. The Morgan fingerprint density at radius 2 is 2.00 bits per heavy atom. The zero-order valence-corrected chi connectivity index (χ0v) is 7.51. The van der Waals surface area contributed by atoms with Gasteiger partial charge < -0.3 is 14.6 Å². The van der Waals surface area contributed by atoms with Crippen molar-refractivity contribution in [2.75, 3.05) is 0 Å². The van der Waals surface area contributed by atoms with Crippen molar-refractivity contribution in [2.45, 2.75) is 6.29 Å². The van der Waals surface area contributed by atoms with Crippen LogP contribution in [0, 0.1) is 0 Å². The molecule has 1 N–H and O–H groups in total. The second kappa shape index (κ2) is 3.46. The molecule has 14 heavy (non-hydrogen) atoms. The fourth-order valence-electron chi connectivity index (χ4n) is 1.14. The van der Waals surface area contributed by atoms with Crippen molar-refractivity contribution in [1.29, 1.82) is 0 Å². The number of hydrogen-bond acceptors (Lipinski definition) is 3. The second-order valence-corrected chi connectivity index (χ2v) is 2.92. The van der Waals surface area contributed by atoms with Gasteiger partial charge in [0.1, 0.15) is 17.3 Å². The van der Waals surface area contributed by atoms with E-state index in [0.29, 0.717) is 11.5 Å². The van der Waals surface area contributed by atoms with Crippen LogP contribution in [0.5, 0.6) is 11.5 Å². The highest BCUT2D eigenvalue weighted by Crippen LogP contribution is 2.21. The molecule has 0 radical (unpaired) electrons. The molecule has 2 rings (SSSR count). The van der Waals surface area contributed by atoms with Crippen LogP contribution in [-0.4, -0.2) is 11.4 Å². The quantitative estimate of drug-likeness (QED) is 0.776. The summed E-state index contributed by atoms with van der Waals surface area (Å²) in [5.41, 5.74) is 0. The summed E-state index contributed by atoms with van der Waals surface area (Å²) in [5.74, 6) is 1.45. The molecule has 0 amide bonds. The maximum Gasteiger partial charge on any atom is 0.261 e. The molecule has 0 saturated carbocycles. The first-order valence-corrected chi connectivity index (χ1v) is 4.23. The summed E-state index contributed by atoms with van der Waals surface area (Å²) in [6, 6.07) is 6.47. The normalized spacial score (nSPS) is 19.4. The standard InChI is InChI=1S/C11H10O3/c1-8-2-7-11(13-8)14-10-5-3-9(12)4-6-10/h2-7,11-12H,1H2. The van der Waals surface area contributed by atoms with Gasteiger partial charge >= 0.3 is 0 Å². The second-order valence-electron chi connectivity index (χ2n) is 2.92. The maximum atomic E-state index is 9.04. The minimum atomic E-state index is -0.410. The topological polar surface area (TPSA) is 38.7 Å². The lowest BCUT2D eigenvalue weighted by atomic mass is 10.3. The first kappa shape index (κ1) is 8.69. The van der Waals surface area contributed by atoms with Crippen molar-refractivity contribution in [3.63, 3.8) is 0 Å². The maximum absolute atomic E-state index is 9.04. The molecule has 72 valence electrons. The Bertz CT molecular complexity index is 365. The van der Waals surface area contributed by atoms with Gasteiger partial charge in [0.2, 0.25) is 0 Å². The van der Waals surface area contributed by atoms with Crippen molar-refractivity contribution in [3.8, 4) is 11.5 Å². The highest BCUT2D eigenvalue weighted by Gasteiger charge is 2.13. The summed E-state index contributed by atoms with van der Waals surface area (Å²) in [7, 11) is 0. The molecule has 0 fully saturated rings. The SMILES string of the molecule is C=C1C=CC(Oc2ccc(O)cc2)O1. The summed E-state index contributed by atoms with van der Waals surface area (Å²) in [6.45, 7) is 3.63. The Morgan fingerprint density at radius 1 is 1.29 bits per heavy atom. The van der Waals surface area contributed by atoms with Gasteiger partial charge in [0.25, 0.3) is 6.29 Å². The number of phenols is 1. The smallest absolute Gasteiger partial charge is 0.261 e. The molecule has 3 heteroatoms. The number of benzene rings is 1. The third-order valence-corrected chi connectivity index (χ3v) is 1.80. The van der Waals surface area contributed by atoms with Crippen LogP contribution >= 0.6 is 0 Å². The molecule has 1 atom stereocenters. The first-order valence-electron chi connectivity index (χ1n) is 4.23. The van der Waals surface area contributed by atoms with Crippen molar-refractivity contribution >= 4 is 0 Å². The van der Waals surface area contributed by atoms with E-state index >= 15 is 0 Å². The minimum absolute atomic E-state index is 0.213. The lowest BCUT2D eigenvalue weighted by molar-refractivity contribution is 0.0112. The lowest BCUT2D eigenvalue weighted by Crippen LogP contribution is -2.12. The van der Waals surface area contributed by atoms with Gasteiger partial charge in [-0.2, -0.15) is 0 Å². The highest BCUT2D eigenvalue weighted by atomic mass is 16.7. The third kappa shape index (κ3) is 1.88. The van der Waals surface area contributed by atoms with E-state index in [-0.39, 0.29) is 5.75 Å². The van der Waals surface area contributed by atoms with Gasteiger partial charge in [-0.05, 0) is 36.4 Å². The van der Waals surface area contributed by atoms with Gasteiger partial charge in [0, 0.05) is 0 Å². The third-order valence-electron chi connectivity index (χ3n) is 1.80. The zero-order valence-electron chi connectivity index (χ0n) is 7.51. The predicted molar refractivity (Wildman–Crippen MR) is 51.9 cm³/mol. The number of rotatable bonds is 2. The van der Waals surface area contributed by atoms with E-state index in [1.807, 2.05) is 0 Å². The molecule has 0 saturated heterocycles. The number of phenolic OH excluding ortho intramolecular Hbond substituents is 1. The molecule has 1 aromatic carbocycles. The van der Waals surface area contributed by atoms with Gasteiger partial charge in [-0.15, -0.1) is 0 Å². The molecular weight excluding hydrogens is 180 g/mol. The minimum Gasteiger partial charge on any atom is -0.508 e. The van der Waals surface area contributed by atoms with Gasteiger partial charge in [-0.3, -0.25) is 0 Å². The Balaban J connectivity index is 2.01. The van der Waals surface area contributed by atoms with Crippen LogP contribution < -0.4 is 4.74 Å². The van der Waals surface area contributed by atoms with Gasteiger partial charge in [-0.1, -0.05) is 6.58 Å². The largest absolute Gasteiger partial charge is 0.508 e. The molecule has 1 aliphatic rings. The molecule has 1 heterocycles. The molecule has 1 aromatic rings. The summed E-state index contributed by atoms with van der Waals surface area (Å²) < 4.78 is 10.6. The van der Waals surface area contributed by atoms with Gasteiger partial charge in [0.05, 0.1) is 0 Å². The van der Waals surface area contributed by atoms with Crippen LogP contribution in [-0.2, 0) is 4.74 Å². The molecule has 0 bridgehead atoms. The molecule has 3 nitrogen and oxygen atoms in total. The monoisotopic (exact) mass is 190 g/mol. The van der Waals surface area contributed by atoms with Crippen LogP contribution in [0.1, 0.15) is 0 Å². The van der Waals surface area contributed by atoms with Crippen LogP contribution in [0.4, 0.5) is 0 Å². The number of allylic oxidation sites excluding steroid dienone is 1. The zero-order chi connectivity index (χ0) is 9.97. The fraction of sp³-hybridized carbons (Fsp3) is 0.0909. The first-order chi connectivity index (χ1) is 6.74. The van der Waals surface area contributed by atoms with E-state index in [1.54, 1.807) is 36.4 Å². The summed E-state index contributed by atoms with van der Waals surface area (Å²) in [4.78, 5) is 0. The van der Waals surface area contributed by atoms with Crippen molar-refractivity contribution in [3.05, 3.63) is 48.8 Å². The summed E-state index contributed by atoms with van der Waals surface area (Å²) in [5, 5.41) is 9.04. The van der Waals surface area contributed by atoms with E-state index in [1.165, 1.54) is 0 Å². The Morgan fingerprint density at radius 3 is 2.57 bits per heavy atom. The molecular formula is C11H10O3. The predicted octanol–water partition coefficient (Wildman–Crippen LogP) is 2.20. The number of hydrogen-bond donors (Lipinski definition) is 1. The molecule has 0 spiro atoms. The van der Waals surface area contributed by atoms with Gasteiger partial charge in [0.15, 0.2) is 0 Å². The molecule has 1 unspecified atom stereocenters. The van der Waals surface area contributed by atoms with E-state index in [9.17, 15) is 0 Å². The van der Waals surface area contributed by atoms with E-state index in [4.69, 9.17) is 14.6 Å². The van der Waals surface area contributed by atoms with Crippen LogP contribution in [0.3, 0.4) is 0 Å². The average Bonchev–Trinajstić information content (AvgIpc) is 2.56. The van der Waals surface area contributed by atoms with Gasteiger partial charge in [-0.25, -0.2) is 0 Å². The lowest BCUT2D eigenvalue weighted by Gasteiger charge is -2.12. The molecule has 0 aliphatic carbocycles. The van der Waals surface area contributed by atoms with Crippen LogP contribution in [0.25, 0.3) is 0 Å². The molecule has 1 aliphatic heterocycles. The van der Waals surface area contributed by atoms with E-state index < -0.39 is 6.29 Å². The average molecular weight is 190 g/mol. The Labute approximate surface area is 81.9 Å². The summed E-state index contributed by atoms with van der Waals surface area (Å²) in [6.07, 6.45) is 3.12. The van der Waals surface area contributed by atoms with E-state index in [2.05, 4.69) is 6.58 Å². The number of aromatic hydroxyl groups is 1. The Kier molecular flexibility index (Phi) is 2.14. The number of ether oxygens (including phenoxy) is 2. The highest BCUT2D eigenvalue weighted by molar-refractivity contribution is 5.30. The van der Waals surface area contributed by atoms with E-state index in [0.717, 1.165) is 0 Å². The fourth-order valence-corrected chi connectivity index (χ4v) is 1.14. The molecule has 0 aromatic heterocycles. The van der Waals surface area contributed by atoms with Crippen LogP contribution in [0.15, 0.2) is 48.8 Å².